The molecule has 0 radical (unpaired) electrons. The summed E-state index contributed by atoms with van der Waals surface area (Å²) in [4.78, 5) is 15.0. The highest BCUT2D eigenvalue weighted by molar-refractivity contribution is 7.83. The summed E-state index contributed by atoms with van der Waals surface area (Å²) in [5, 5.41) is 3.74. The first-order valence-corrected chi connectivity index (χ1v) is 11.4. The molecule has 1 fully saturated rings. The molecule has 2 aromatic rings. The topological polar surface area (TPSA) is 58.6 Å². The van der Waals surface area contributed by atoms with Crippen molar-refractivity contribution >= 4 is 28.3 Å². The van der Waals surface area contributed by atoms with Crippen molar-refractivity contribution in [1.82, 2.24) is 10.2 Å². The number of benzene rings is 2. The van der Waals surface area contributed by atoms with Crippen LogP contribution in [0.15, 0.2) is 48.5 Å². The lowest BCUT2D eigenvalue weighted by atomic mass is 10.0. The third-order valence-electron chi connectivity index (χ3n) is 4.77. The van der Waals surface area contributed by atoms with Crippen LogP contribution in [0.3, 0.4) is 0 Å². The number of amides is 1. The SMILES string of the molecule is CS(=O)Cc1cccc(C(=O)NCC(c2ccccc2Cl)N2CCOCC2)c1. The molecule has 150 valence electrons. The summed E-state index contributed by atoms with van der Waals surface area (Å²) in [6.45, 7) is 3.38. The van der Waals surface area contributed by atoms with Crippen molar-refractivity contribution in [3.8, 4) is 0 Å². The van der Waals surface area contributed by atoms with E-state index in [9.17, 15) is 9.00 Å². The Morgan fingerprint density at radius 2 is 1.96 bits per heavy atom. The Bertz CT molecular complexity index is 840. The lowest BCUT2D eigenvalue weighted by Gasteiger charge is -2.35. The van der Waals surface area contributed by atoms with Crippen LogP contribution < -0.4 is 5.32 Å². The van der Waals surface area contributed by atoms with Gasteiger partial charge < -0.3 is 10.1 Å². The number of carbonyl (C=O) groups is 1. The van der Waals surface area contributed by atoms with Crippen molar-refractivity contribution in [2.45, 2.75) is 11.8 Å². The summed E-state index contributed by atoms with van der Waals surface area (Å²) in [6.07, 6.45) is 1.66. The molecule has 1 saturated heterocycles. The van der Waals surface area contributed by atoms with Gasteiger partial charge in [0.25, 0.3) is 5.91 Å². The van der Waals surface area contributed by atoms with Crippen LogP contribution in [0.4, 0.5) is 0 Å². The van der Waals surface area contributed by atoms with Gasteiger partial charge in [0.2, 0.25) is 0 Å². The number of nitrogens with zero attached hydrogens (tertiary/aromatic N) is 1. The third-order valence-corrected chi connectivity index (χ3v) is 5.85. The Morgan fingerprint density at radius 1 is 1.21 bits per heavy atom. The fourth-order valence-corrected chi connectivity index (χ4v) is 4.31. The average Bonchev–Trinajstić information content (AvgIpc) is 2.70. The van der Waals surface area contributed by atoms with Gasteiger partial charge in [-0.25, -0.2) is 0 Å². The fourth-order valence-electron chi connectivity index (χ4n) is 3.40. The van der Waals surface area contributed by atoms with Gasteiger partial charge in [-0.05, 0) is 29.3 Å². The minimum atomic E-state index is -0.945. The number of ether oxygens (including phenoxy) is 1. The number of morpholine rings is 1. The molecule has 2 unspecified atom stereocenters. The molecule has 0 saturated carbocycles. The molecule has 0 spiro atoms. The van der Waals surface area contributed by atoms with Crippen molar-refractivity contribution in [1.29, 1.82) is 0 Å². The van der Waals surface area contributed by atoms with Crippen LogP contribution in [0.25, 0.3) is 0 Å². The Kier molecular flexibility index (Phi) is 7.62. The number of hydrogen-bond donors (Lipinski definition) is 1. The van der Waals surface area contributed by atoms with Crippen LogP contribution in [0.1, 0.15) is 27.5 Å². The molecule has 5 nitrogen and oxygen atoms in total. The highest BCUT2D eigenvalue weighted by atomic mass is 35.5. The van der Waals surface area contributed by atoms with Crippen LogP contribution in [-0.2, 0) is 21.3 Å². The van der Waals surface area contributed by atoms with Crippen molar-refractivity contribution in [3.63, 3.8) is 0 Å². The molecule has 1 N–H and O–H groups in total. The number of carbonyl (C=O) groups excluding carboxylic acids is 1. The molecule has 1 aliphatic heterocycles. The van der Waals surface area contributed by atoms with E-state index in [-0.39, 0.29) is 11.9 Å². The minimum Gasteiger partial charge on any atom is -0.379 e. The molecule has 1 heterocycles. The molecule has 3 rings (SSSR count). The molecule has 7 heteroatoms. The molecule has 2 atom stereocenters. The normalized spacial score (nSPS) is 17.1. The van der Waals surface area contributed by atoms with E-state index in [1.807, 2.05) is 36.4 Å². The molecule has 1 amide bonds. The van der Waals surface area contributed by atoms with E-state index in [0.29, 0.717) is 36.1 Å². The highest BCUT2D eigenvalue weighted by Crippen LogP contribution is 2.27. The molecule has 28 heavy (non-hydrogen) atoms. The summed E-state index contributed by atoms with van der Waals surface area (Å²) < 4.78 is 16.9. The predicted octanol–water partition coefficient (Wildman–Crippen LogP) is 3.02. The summed E-state index contributed by atoms with van der Waals surface area (Å²) in [6, 6.07) is 15.0. The third kappa shape index (κ3) is 5.64. The zero-order valence-corrected chi connectivity index (χ0v) is 17.5. The Hall–Kier alpha value is -1.73. The quantitative estimate of drug-likeness (QED) is 0.748. The first-order chi connectivity index (χ1) is 13.5. The zero-order valence-electron chi connectivity index (χ0n) is 15.9. The Morgan fingerprint density at radius 3 is 2.68 bits per heavy atom. The largest absolute Gasteiger partial charge is 0.379 e. The highest BCUT2D eigenvalue weighted by Gasteiger charge is 2.25. The van der Waals surface area contributed by atoms with E-state index in [0.717, 1.165) is 24.2 Å². The van der Waals surface area contributed by atoms with Gasteiger partial charge >= 0.3 is 0 Å². The second-order valence-electron chi connectivity index (χ2n) is 6.81. The van der Waals surface area contributed by atoms with Crippen molar-refractivity contribution < 1.29 is 13.7 Å². The first kappa shape index (κ1) is 21.0. The van der Waals surface area contributed by atoms with Crippen molar-refractivity contribution in [3.05, 3.63) is 70.2 Å². The lowest BCUT2D eigenvalue weighted by molar-refractivity contribution is 0.0162. The van der Waals surface area contributed by atoms with E-state index in [1.165, 1.54) is 0 Å². The van der Waals surface area contributed by atoms with Crippen LogP contribution in [0.2, 0.25) is 5.02 Å². The maximum Gasteiger partial charge on any atom is 0.251 e. The number of halogens is 1. The maximum atomic E-state index is 12.7. The van der Waals surface area contributed by atoms with E-state index >= 15 is 0 Å². The Balaban J connectivity index is 1.73. The van der Waals surface area contributed by atoms with Crippen LogP contribution in [0.5, 0.6) is 0 Å². The molecule has 2 aromatic carbocycles. The zero-order chi connectivity index (χ0) is 19.9. The van der Waals surface area contributed by atoms with E-state index < -0.39 is 10.8 Å². The van der Waals surface area contributed by atoms with E-state index in [4.69, 9.17) is 16.3 Å². The van der Waals surface area contributed by atoms with Crippen molar-refractivity contribution in [2.24, 2.45) is 0 Å². The van der Waals surface area contributed by atoms with Gasteiger partial charge in [-0.2, -0.15) is 0 Å². The van der Waals surface area contributed by atoms with Crippen LogP contribution >= 0.6 is 11.6 Å². The number of rotatable bonds is 7. The molecular weight excluding hydrogens is 396 g/mol. The summed E-state index contributed by atoms with van der Waals surface area (Å²) in [5.41, 5.74) is 2.47. The van der Waals surface area contributed by atoms with Gasteiger partial charge in [-0.15, -0.1) is 0 Å². The number of hydrogen-bond acceptors (Lipinski definition) is 4. The standard InChI is InChI=1S/C21H25ClN2O3S/c1-28(26)15-16-5-4-6-17(13-16)21(25)23-14-20(24-9-11-27-12-10-24)18-7-2-3-8-19(18)22/h2-8,13,20H,9-12,14-15H2,1H3,(H,23,25). The Labute approximate surface area is 173 Å². The van der Waals surface area contributed by atoms with Crippen LogP contribution in [-0.4, -0.2) is 54.1 Å². The van der Waals surface area contributed by atoms with Gasteiger partial charge in [-0.3, -0.25) is 13.9 Å². The fraction of sp³-hybridized carbons (Fsp3) is 0.381. The molecular formula is C21H25ClN2O3S. The van der Waals surface area contributed by atoms with Gasteiger partial charge in [0.05, 0.1) is 19.3 Å². The summed E-state index contributed by atoms with van der Waals surface area (Å²) >= 11 is 6.44. The minimum absolute atomic E-state index is 0.0205. The monoisotopic (exact) mass is 420 g/mol. The smallest absolute Gasteiger partial charge is 0.251 e. The molecule has 0 bridgehead atoms. The molecule has 0 aromatic heterocycles. The second-order valence-corrected chi connectivity index (χ2v) is 8.66. The van der Waals surface area contributed by atoms with Gasteiger partial charge in [0.1, 0.15) is 0 Å². The first-order valence-electron chi connectivity index (χ1n) is 9.28. The van der Waals surface area contributed by atoms with Gasteiger partial charge in [-0.1, -0.05) is 41.9 Å². The maximum absolute atomic E-state index is 12.7. The predicted molar refractivity (Wildman–Crippen MR) is 113 cm³/mol. The van der Waals surface area contributed by atoms with E-state index in [2.05, 4.69) is 10.2 Å². The van der Waals surface area contributed by atoms with Gasteiger partial charge in [0, 0.05) is 53.0 Å². The van der Waals surface area contributed by atoms with E-state index in [1.54, 1.807) is 18.4 Å². The summed E-state index contributed by atoms with van der Waals surface area (Å²) in [7, 11) is -0.945. The lowest BCUT2D eigenvalue weighted by Crippen LogP contribution is -2.44. The number of nitrogens with one attached hydrogen (secondary N) is 1. The average molecular weight is 421 g/mol. The van der Waals surface area contributed by atoms with Crippen molar-refractivity contribution in [2.75, 3.05) is 39.1 Å². The molecule has 0 aliphatic carbocycles. The second kappa shape index (κ2) is 10.2. The van der Waals surface area contributed by atoms with Gasteiger partial charge in [0.15, 0.2) is 0 Å². The summed E-state index contributed by atoms with van der Waals surface area (Å²) in [5.74, 6) is 0.297. The molecule has 1 aliphatic rings. The van der Waals surface area contributed by atoms with Crippen LogP contribution in [0, 0.1) is 0 Å².